The third kappa shape index (κ3) is 3.87. The minimum absolute atomic E-state index is 0.200. The molecule has 126 valence electrons. The zero-order valence-electron chi connectivity index (χ0n) is 13.7. The Morgan fingerprint density at radius 3 is 2.96 bits per heavy atom. The van der Waals surface area contributed by atoms with Crippen molar-refractivity contribution in [3.05, 3.63) is 21.9 Å². The maximum absolute atomic E-state index is 14.0. The Labute approximate surface area is 144 Å². The predicted octanol–water partition coefficient (Wildman–Crippen LogP) is 2.91. The Morgan fingerprint density at radius 2 is 2.30 bits per heavy atom. The van der Waals surface area contributed by atoms with E-state index in [-0.39, 0.29) is 6.04 Å². The molecule has 1 aliphatic heterocycles. The summed E-state index contributed by atoms with van der Waals surface area (Å²) < 4.78 is 18.3. The second kappa shape index (κ2) is 7.19. The van der Waals surface area contributed by atoms with Gasteiger partial charge in [-0.1, -0.05) is 6.92 Å². The monoisotopic (exact) mass is 355 g/mol. The average molecular weight is 356 g/mol. The lowest BCUT2D eigenvalue weighted by Gasteiger charge is -2.27. The number of halogens is 1. The first-order valence-electron chi connectivity index (χ1n) is 7.87. The molecular formula is C15H22FN5S2. The van der Waals surface area contributed by atoms with Gasteiger partial charge >= 0.3 is 0 Å². The summed E-state index contributed by atoms with van der Waals surface area (Å²) in [5, 5.41) is 0.915. The van der Waals surface area contributed by atoms with Gasteiger partial charge in [0.1, 0.15) is 12.0 Å². The molecule has 0 saturated carbocycles. The van der Waals surface area contributed by atoms with Gasteiger partial charge < -0.3 is 4.90 Å². The second-order valence-electron chi connectivity index (χ2n) is 6.00. The van der Waals surface area contributed by atoms with Gasteiger partial charge in [-0.2, -0.15) is 4.37 Å². The summed E-state index contributed by atoms with van der Waals surface area (Å²) in [5.74, 6) is 0.879. The Bertz CT molecular complexity index is 643. The number of anilines is 1. The van der Waals surface area contributed by atoms with Crippen LogP contribution in [0, 0.1) is 6.92 Å². The molecule has 0 amide bonds. The number of likely N-dealkylation sites (tertiary alicyclic amines) is 1. The van der Waals surface area contributed by atoms with Crippen molar-refractivity contribution in [3.63, 3.8) is 0 Å². The molecule has 1 saturated heterocycles. The maximum Gasteiger partial charge on any atom is 0.204 e. The van der Waals surface area contributed by atoms with Crippen molar-refractivity contribution >= 4 is 28.0 Å². The van der Waals surface area contributed by atoms with Gasteiger partial charge in [-0.3, -0.25) is 4.90 Å². The van der Waals surface area contributed by atoms with Gasteiger partial charge in [0, 0.05) is 55.6 Å². The Morgan fingerprint density at radius 1 is 1.48 bits per heavy atom. The highest BCUT2D eigenvalue weighted by molar-refractivity contribution is 7.10. The van der Waals surface area contributed by atoms with Gasteiger partial charge in [-0.15, -0.1) is 11.3 Å². The molecule has 2 atom stereocenters. The molecule has 3 heterocycles. The number of aryl methyl sites for hydroxylation is 2. The van der Waals surface area contributed by atoms with Gasteiger partial charge in [0.05, 0.1) is 11.2 Å². The number of rotatable bonds is 6. The van der Waals surface area contributed by atoms with Crippen molar-refractivity contribution in [1.82, 2.24) is 19.2 Å². The van der Waals surface area contributed by atoms with Gasteiger partial charge in [0.2, 0.25) is 5.13 Å². The van der Waals surface area contributed by atoms with Gasteiger partial charge in [0.25, 0.3) is 0 Å². The zero-order chi connectivity index (χ0) is 16.4. The molecule has 0 unspecified atom stereocenters. The number of likely N-dealkylation sites (N-methyl/N-ethyl adjacent to an activating group) is 1. The van der Waals surface area contributed by atoms with E-state index in [2.05, 4.69) is 31.1 Å². The summed E-state index contributed by atoms with van der Waals surface area (Å²) >= 11 is 3.07. The zero-order valence-corrected chi connectivity index (χ0v) is 15.3. The van der Waals surface area contributed by atoms with Crippen molar-refractivity contribution in [2.45, 2.75) is 45.4 Å². The van der Waals surface area contributed by atoms with Crippen LogP contribution in [0.2, 0.25) is 0 Å². The number of thiazole rings is 1. The maximum atomic E-state index is 14.0. The van der Waals surface area contributed by atoms with Crippen LogP contribution < -0.4 is 4.90 Å². The number of aromatic nitrogens is 3. The van der Waals surface area contributed by atoms with Crippen LogP contribution in [0.15, 0.2) is 5.51 Å². The number of hydrogen-bond acceptors (Lipinski definition) is 7. The van der Waals surface area contributed by atoms with Crippen LogP contribution in [0.1, 0.15) is 29.7 Å². The van der Waals surface area contributed by atoms with Crippen molar-refractivity contribution in [3.8, 4) is 0 Å². The SMILES string of the molecule is CCc1nsc(N(C)C[C@@H]2C[C@H](F)CN2Cc2scnc2C)n1. The van der Waals surface area contributed by atoms with E-state index in [9.17, 15) is 4.39 Å². The lowest BCUT2D eigenvalue weighted by Crippen LogP contribution is -2.38. The van der Waals surface area contributed by atoms with Crippen molar-refractivity contribution < 1.29 is 4.39 Å². The molecule has 2 aromatic heterocycles. The normalized spacial score (nSPS) is 21.9. The van der Waals surface area contributed by atoms with Crippen molar-refractivity contribution in [2.75, 3.05) is 25.0 Å². The van der Waals surface area contributed by atoms with Crippen molar-refractivity contribution in [1.29, 1.82) is 0 Å². The molecule has 3 rings (SSSR count). The Hall–Kier alpha value is -1.12. The van der Waals surface area contributed by atoms with E-state index in [1.165, 1.54) is 16.4 Å². The smallest absolute Gasteiger partial charge is 0.204 e. The topological polar surface area (TPSA) is 45.2 Å². The number of hydrogen-bond donors (Lipinski definition) is 0. The quantitative estimate of drug-likeness (QED) is 0.797. The minimum atomic E-state index is -0.748. The molecule has 0 radical (unpaired) electrons. The summed E-state index contributed by atoms with van der Waals surface area (Å²) in [7, 11) is 2.02. The van der Waals surface area contributed by atoms with Crippen LogP contribution in [0.4, 0.5) is 9.52 Å². The van der Waals surface area contributed by atoms with Gasteiger partial charge in [0.15, 0.2) is 0 Å². The Kier molecular flexibility index (Phi) is 5.23. The minimum Gasteiger partial charge on any atom is -0.348 e. The molecule has 0 aromatic carbocycles. The van der Waals surface area contributed by atoms with Crippen LogP contribution in [0.3, 0.4) is 0 Å². The van der Waals surface area contributed by atoms with Gasteiger partial charge in [-0.25, -0.2) is 14.4 Å². The van der Waals surface area contributed by atoms with Crippen LogP contribution in [0.5, 0.6) is 0 Å². The highest BCUT2D eigenvalue weighted by Gasteiger charge is 2.33. The molecule has 0 aliphatic carbocycles. The first-order valence-corrected chi connectivity index (χ1v) is 9.53. The van der Waals surface area contributed by atoms with Gasteiger partial charge in [-0.05, 0) is 13.3 Å². The largest absolute Gasteiger partial charge is 0.348 e. The van der Waals surface area contributed by atoms with E-state index in [4.69, 9.17) is 0 Å². The summed E-state index contributed by atoms with van der Waals surface area (Å²) in [6, 6.07) is 0.200. The van der Waals surface area contributed by atoms with E-state index in [0.29, 0.717) is 13.0 Å². The molecule has 0 N–H and O–H groups in total. The first-order chi connectivity index (χ1) is 11.1. The fraction of sp³-hybridized carbons (Fsp3) is 0.667. The van der Waals surface area contributed by atoms with E-state index >= 15 is 0 Å². The number of nitrogens with zero attached hydrogens (tertiary/aromatic N) is 5. The van der Waals surface area contributed by atoms with E-state index in [1.54, 1.807) is 11.3 Å². The lowest BCUT2D eigenvalue weighted by molar-refractivity contribution is 0.239. The molecule has 23 heavy (non-hydrogen) atoms. The lowest BCUT2D eigenvalue weighted by atomic mass is 10.2. The van der Waals surface area contributed by atoms with Crippen LogP contribution in [-0.2, 0) is 13.0 Å². The highest BCUT2D eigenvalue weighted by Crippen LogP contribution is 2.27. The first kappa shape index (κ1) is 16.7. The second-order valence-corrected chi connectivity index (χ2v) is 7.67. The molecule has 1 aliphatic rings. The average Bonchev–Trinajstić information content (AvgIpc) is 3.22. The summed E-state index contributed by atoms with van der Waals surface area (Å²) in [4.78, 5) is 14.4. The molecular weight excluding hydrogens is 333 g/mol. The molecule has 0 spiro atoms. The summed E-state index contributed by atoms with van der Waals surface area (Å²) in [5.41, 5.74) is 2.92. The highest BCUT2D eigenvalue weighted by atomic mass is 32.1. The third-order valence-corrected chi connectivity index (χ3v) is 6.04. The molecule has 1 fully saturated rings. The summed E-state index contributed by atoms with van der Waals surface area (Å²) in [6.07, 6.45) is 0.681. The number of alkyl halides is 1. The predicted molar refractivity (Wildman–Crippen MR) is 93.1 cm³/mol. The van der Waals surface area contributed by atoms with Crippen molar-refractivity contribution in [2.24, 2.45) is 0 Å². The molecule has 8 heteroatoms. The van der Waals surface area contributed by atoms with E-state index in [0.717, 1.165) is 36.2 Å². The van der Waals surface area contributed by atoms with E-state index < -0.39 is 6.17 Å². The Balaban J connectivity index is 1.66. The molecule has 2 aromatic rings. The molecule has 5 nitrogen and oxygen atoms in total. The van der Waals surface area contributed by atoms with Crippen LogP contribution in [-0.4, -0.2) is 51.6 Å². The third-order valence-electron chi connectivity index (χ3n) is 4.25. The molecule has 0 bridgehead atoms. The summed E-state index contributed by atoms with van der Waals surface area (Å²) in [6.45, 7) is 6.13. The van der Waals surface area contributed by atoms with E-state index in [1.807, 2.05) is 19.5 Å². The van der Waals surface area contributed by atoms with Crippen LogP contribution >= 0.6 is 22.9 Å². The van der Waals surface area contributed by atoms with Crippen LogP contribution in [0.25, 0.3) is 0 Å². The fourth-order valence-corrected chi connectivity index (χ4v) is 4.42. The standard InChI is InChI=1S/C15H22FN5S2/c1-4-14-18-15(23-19-14)20(3)7-12-5-11(16)6-21(12)8-13-10(2)17-9-22-13/h9,11-12H,4-8H2,1-3H3/t11-,12-/m0/s1. The fourth-order valence-electron chi connectivity index (χ4n) is 2.91.